The molecule has 1 aliphatic carbocycles. The fourth-order valence-electron chi connectivity index (χ4n) is 3.25. The zero-order valence-electron chi connectivity index (χ0n) is 13.4. The summed E-state index contributed by atoms with van der Waals surface area (Å²) in [4.78, 5) is 4.91. The van der Waals surface area contributed by atoms with Crippen LogP contribution in [0.15, 0.2) is 29.3 Å². The largest absolute Gasteiger partial charge is 0.359 e. The number of hydrogen-bond donors (Lipinski definition) is 1. The third-order valence-corrected chi connectivity index (χ3v) is 6.14. The zero-order valence-corrected chi connectivity index (χ0v) is 14.2. The Labute approximate surface area is 132 Å². The molecule has 1 aliphatic heterocycles. The summed E-state index contributed by atoms with van der Waals surface area (Å²) in [5.74, 6) is 2.09. The average molecular weight is 302 g/mol. The van der Waals surface area contributed by atoms with E-state index in [4.69, 9.17) is 4.99 Å². The van der Waals surface area contributed by atoms with Gasteiger partial charge in [0.25, 0.3) is 0 Å². The van der Waals surface area contributed by atoms with Crippen molar-refractivity contribution in [3.8, 4) is 0 Å². The SMILES string of the molecule is Cc1ccc(C(C)N=C2NC3(CCC(C)CC3)CS2)cc1. The van der Waals surface area contributed by atoms with E-state index < -0.39 is 0 Å². The van der Waals surface area contributed by atoms with Crippen LogP contribution in [0.25, 0.3) is 0 Å². The van der Waals surface area contributed by atoms with E-state index >= 15 is 0 Å². The van der Waals surface area contributed by atoms with E-state index in [0.717, 1.165) is 11.1 Å². The number of amidine groups is 1. The third-order valence-electron chi connectivity index (χ3n) is 4.96. The van der Waals surface area contributed by atoms with Gasteiger partial charge in [0.15, 0.2) is 5.17 Å². The van der Waals surface area contributed by atoms with Crippen LogP contribution in [0.3, 0.4) is 0 Å². The standard InChI is InChI=1S/C18H26N2S/c1-13-4-6-16(7-5-13)15(3)19-17-20-18(12-21-17)10-8-14(2)9-11-18/h4-7,14-15H,8-12H2,1-3H3,(H,19,20). The third kappa shape index (κ3) is 3.45. The van der Waals surface area contributed by atoms with Crippen molar-refractivity contribution in [3.63, 3.8) is 0 Å². The first kappa shape index (κ1) is 15.0. The van der Waals surface area contributed by atoms with Crippen molar-refractivity contribution in [2.24, 2.45) is 10.9 Å². The van der Waals surface area contributed by atoms with Gasteiger partial charge in [-0.2, -0.15) is 0 Å². The molecule has 114 valence electrons. The predicted octanol–water partition coefficient (Wildman–Crippen LogP) is 4.70. The lowest BCUT2D eigenvalue weighted by Gasteiger charge is -2.35. The molecular weight excluding hydrogens is 276 g/mol. The summed E-state index contributed by atoms with van der Waals surface area (Å²) >= 11 is 1.91. The molecule has 2 nitrogen and oxygen atoms in total. The van der Waals surface area contributed by atoms with Crippen LogP contribution in [-0.4, -0.2) is 16.5 Å². The highest BCUT2D eigenvalue weighted by Gasteiger charge is 2.39. The van der Waals surface area contributed by atoms with Gasteiger partial charge in [-0.3, -0.25) is 4.99 Å². The number of nitrogens with zero attached hydrogens (tertiary/aromatic N) is 1. The molecule has 1 aromatic rings. The molecule has 0 aromatic heterocycles. The molecule has 2 fully saturated rings. The molecule has 1 heterocycles. The van der Waals surface area contributed by atoms with Gasteiger partial charge in [0.05, 0.1) is 6.04 Å². The van der Waals surface area contributed by atoms with Crippen LogP contribution in [0.4, 0.5) is 0 Å². The Kier molecular flexibility index (Phi) is 4.30. The van der Waals surface area contributed by atoms with Gasteiger partial charge >= 0.3 is 0 Å². The highest BCUT2D eigenvalue weighted by atomic mass is 32.2. The van der Waals surface area contributed by atoms with E-state index in [1.54, 1.807) is 0 Å². The molecule has 1 spiro atoms. The first-order valence-corrected chi connectivity index (χ1v) is 9.10. The van der Waals surface area contributed by atoms with Crippen LogP contribution < -0.4 is 5.32 Å². The van der Waals surface area contributed by atoms with Crippen LogP contribution in [0.1, 0.15) is 56.7 Å². The van der Waals surface area contributed by atoms with Crippen LogP contribution in [0.5, 0.6) is 0 Å². The summed E-state index contributed by atoms with van der Waals surface area (Å²) < 4.78 is 0. The minimum Gasteiger partial charge on any atom is -0.359 e. The van der Waals surface area contributed by atoms with Crippen molar-refractivity contribution in [3.05, 3.63) is 35.4 Å². The predicted molar refractivity (Wildman–Crippen MR) is 93.0 cm³/mol. The van der Waals surface area contributed by atoms with Gasteiger partial charge in [0.2, 0.25) is 0 Å². The van der Waals surface area contributed by atoms with Gasteiger partial charge in [0, 0.05) is 11.3 Å². The Morgan fingerprint density at radius 1 is 1.24 bits per heavy atom. The van der Waals surface area contributed by atoms with E-state index in [1.165, 1.54) is 42.6 Å². The fraction of sp³-hybridized carbons (Fsp3) is 0.611. The summed E-state index contributed by atoms with van der Waals surface area (Å²) in [5, 5.41) is 4.90. The van der Waals surface area contributed by atoms with Crippen molar-refractivity contribution in [2.75, 3.05) is 5.75 Å². The van der Waals surface area contributed by atoms with E-state index in [2.05, 4.69) is 50.4 Å². The molecule has 3 heteroatoms. The first-order valence-electron chi connectivity index (χ1n) is 8.12. The molecule has 1 atom stereocenters. The smallest absolute Gasteiger partial charge is 0.157 e. The van der Waals surface area contributed by atoms with E-state index in [1.807, 2.05) is 11.8 Å². The molecule has 1 saturated heterocycles. The summed E-state index contributed by atoms with van der Waals surface area (Å²) in [6.45, 7) is 6.69. The monoisotopic (exact) mass is 302 g/mol. The minimum atomic E-state index is 0.235. The Bertz CT molecular complexity index is 513. The number of benzene rings is 1. The molecule has 3 rings (SSSR count). The lowest BCUT2D eigenvalue weighted by Crippen LogP contribution is -2.46. The normalized spacial score (nSPS) is 32.3. The second kappa shape index (κ2) is 6.04. The zero-order chi connectivity index (χ0) is 14.9. The van der Waals surface area contributed by atoms with Crippen molar-refractivity contribution < 1.29 is 0 Å². The number of nitrogens with one attached hydrogen (secondary N) is 1. The van der Waals surface area contributed by atoms with E-state index in [-0.39, 0.29) is 6.04 Å². The average Bonchev–Trinajstić information content (AvgIpc) is 2.86. The molecule has 21 heavy (non-hydrogen) atoms. The van der Waals surface area contributed by atoms with Gasteiger partial charge < -0.3 is 5.32 Å². The maximum absolute atomic E-state index is 4.91. The lowest BCUT2D eigenvalue weighted by molar-refractivity contribution is 0.250. The highest BCUT2D eigenvalue weighted by molar-refractivity contribution is 8.14. The molecule has 1 N–H and O–H groups in total. The van der Waals surface area contributed by atoms with Gasteiger partial charge in [-0.25, -0.2) is 0 Å². The lowest BCUT2D eigenvalue weighted by atomic mass is 9.78. The van der Waals surface area contributed by atoms with Gasteiger partial charge in [-0.1, -0.05) is 48.5 Å². The molecular formula is C18H26N2S. The Hall–Kier alpha value is -0.960. The van der Waals surface area contributed by atoms with E-state index in [0.29, 0.717) is 5.54 Å². The topological polar surface area (TPSA) is 24.4 Å². The second-order valence-electron chi connectivity index (χ2n) is 6.90. The number of aryl methyl sites for hydroxylation is 1. The number of thioether (sulfide) groups is 1. The van der Waals surface area contributed by atoms with Crippen molar-refractivity contribution in [1.82, 2.24) is 5.32 Å². The fourth-order valence-corrected chi connectivity index (χ4v) is 4.55. The summed E-state index contributed by atoms with van der Waals surface area (Å²) in [5.41, 5.74) is 2.94. The Balaban J connectivity index is 1.66. The quantitative estimate of drug-likeness (QED) is 0.856. The van der Waals surface area contributed by atoms with Crippen LogP contribution in [-0.2, 0) is 0 Å². The van der Waals surface area contributed by atoms with Crippen molar-refractivity contribution >= 4 is 16.9 Å². The van der Waals surface area contributed by atoms with Gasteiger partial charge in [0.1, 0.15) is 0 Å². The first-order chi connectivity index (χ1) is 10.1. The Morgan fingerprint density at radius 3 is 2.57 bits per heavy atom. The van der Waals surface area contributed by atoms with Crippen LogP contribution in [0, 0.1) is 12.8 Å². The number of hydrogen-bond acceptors (Lipinski definition) is 2. The van der Waals surface area contributed by atoms with Gasteiger partial charge in [-0.05, 0) is 51.0 Å². The molecule has 1 unspecified atom stereocenters. The maximum atomic E-state index is 4.91. The summed E-state index contributed by atoms with van der Waals surface area (Å²) in [6.07, 6.45) is 5.32. The second-order valence-corrected chi connectivity index (χ2v) is 7.86. The molecule has 0 amide bonds. The summed E-state index contributed by atoms with van der Waals surface area (Å²) in [6, 6.07) is 8.97. The molecule has 0 bridgehead atoms. The van der Waals surface area contributed by atoms with Crippen LogP contribution >= 0.6 is 11.8 Å². The molecule has 0 radical (unpaired) electrons. The molecule has 1 aromatic carbocycles. The highest BCUT2D eigenvalue weighted by Crippen LogP contribution is 2.38. The number of rotatable bonds is 2. The van der Waals surface area contributed by atoms with E-state index in [9.17, 15) is 0 Å². The van der Waals surface area contributed by atoms with Crippen molar-refractivity contribution in [1.29, 1.82) is 0 Å². The Morgan fingerprint density at radius 2 is 1.90 bits per heavy atom. The summed E-state index contributed by atoms with van der Waals surface area (Å²) in [7, 11) is 0. The molecule has 1 saturated carbocycles. The minimum absolute atomic E-state index is 0.235. The van der Waals surface area contributed by atoms with Crippen molar-refractivity contribution in [2.45, 2.75) is 58.0 Å². The van der Waals surface area contributed by atoms with Crippen LogP contribution in [0.2, 0.25) is 0 Å². The van der Waals surface area contributed by atoms with Gasteiger partial charge in [-0.15, -0.1) is 0 Å². The maximum Gasteiger partial charge on any atom is 0.157 e. The number of aliphatic imine (C=N–C) groups is 1. The molecule has 2 aliphatic rings.